The molecule has 0 heterocycles. The molecule has 0 radical (unpaired) electrons. The highest BCUT2D eigenvalue weighted by Gasteiger charge is 2.18. The molecule has 1 aromatic carbocycles. The molecule has 1 rings (SSSR count). The van der Waals surface area contributed by atoms with Gasteiger partial charge in [-0.25, -0.2) is 8.42 Å². The van der Waals surface area contributed by atoms with Crippen molar-refractivity contribution < 1.29 is 8.42 Å². The molecule has 0 fully saturated rings. The molecule has 0 saturated carbocycles. The van der Waals surface area contributed by atoms with Crippen molar-refractivity contribution in [3.8, 4) is 0 Å². The lowest BCUT2D eigenvalue weighted by Crippen LogP contribution is -2.14. The van der Waals surface area contributed by atoms with E-state index in [9.17, 15) is 8.42 Å². The second kappa shape index (κ2) is 5.65. The zero-order chi connectivity index (χ0) is 13.1. The Hall–Kier alpha value is -0.870. The Morgan fingerprint density at radius 2 is 1.65 bits per heavy atom. The van der Waals surface area contributed by atoms with E-state index in [2.05, 4.69) is 6.92 Å². The van der Waals surface area contributed by atoms with Crippen molar-refractivity contribution in [3.05, 3.63) is 29.8 Å². The Balaban J connectivity index is 2.96. The van der Waals surface area contributed by atoms with Crippen LogP contribution in [0.4, 0.5) is 0 Å². The van der Waals surface area contributed by atoms with E-state index in [0.29, 0.717) is 17.4 Å². The van der Waals surface area contributed by atoms with Gasteiger partial charge in [0.15, 0.2) is 9.84 Å². The predicted octanol–water partition coefficient (Wildman–Crippen LogP) is 2.32. The molecule has 1 unspecified atom stereocenters. The Kier molecular flexibility index (Phi) is 4.71. The van der Waals surface area contributed by atoms with Gasteiger partial charge in [-0.05, 0) is 50.4 Å². The minimum absolute atomic E-state index is 0.371. The van der Waals surface area contributed by atoms with Crippen molar-refractivity contribution in [2.24, 2.45) is 5.73 Å². The van der Waals surface area contributed by atoms with Gasteiger partial charge in [0.25, 0.3) is 0 Å². The molecule has 4 heteroatoms. The average Bonchev–Trinajstić information content (AvgIpc) is 2.29. The molecule has 2 N–H and O–H groups in total. The summed E-state index contributed by atoms with van der Waals surface area (Å²) in [4.78, 5) is 0.399. The third kappa shape index (κ3) is 3.30. The Labute approximate surface area is 104 Å². The van der Waals surface area contributed by atoms with Crippen molar-refractivity contribution in [2.75, 3.05) is 6.54 Å². The molecule has 1 aromatic rings. The van der Waals surface area contributed by atoms with Crippen LogP contribution in [0, 0.1) is 0 Å². The van der Waals surface area contributed by atoms with Crippen LogP contribution in [0.15, 0.2) is 29.2 Å². The van der Waals surface area contributed by atoms with Crippen LogP contribution >= 0.6 is 0 Å². The Morgan fingerprint density at radius 3 is 2.06 bits per heavy atom. The van der Waals surface area contributed by atoms with Gasteiger partial charge in [-0.2, -0.15) is 0 Å². The minimum atomic E-state index is -3.16. The molecular weight excluding hydrogens is 234 g/mol. The van der Waals surface area contributed by atoms with Gasteiger partial charge in [-0.1, -0.05) is 19.1 Å². The molecule has 96 valence electrons. The molecule has 1 atom stereocenters. The highest BCUT2D eigenvalue weighted by atomic mass is 32.2. The van der Waals surface area contributed by atoms with Crippen LogP contribution in [0.25, 0.3) is 0 Å². The van der Waals surface area contributed by atoms with Crippen molar-refractivity contribution in [3.63, 3.8) is 0 Å². The molecule has 0 aliphatic carbocycles. The summed E-state index contributed by atoms with van der Waals surface area (Å²) in [6, 6.07) is 7.15. The lowest BCUT2D eigenvalue weighted by atomic mass is 9.98. The molecule has 0 aliphatic rings. The minimum Gasteiger partial charge on any atom is -0.330 e. The van der Waals surface area contributed by atoms with Gasteiger partial charge in [0.2, 0.25) is 0 Å². The molecule has 0 aromatic heterocycles. The van der Waals surface area contributed by atoms with E-state index in [-0.39, 0.29) is 5.25 Å². The lowest BCUT2D eigenvalue weighted by Gasteiger charge is -2.12. The SMILES string of the molecule is CC(CCN)c1ccc(S(=O)(=O)C(C)C)cc1. The number of benzene rings is 1. The fourth-order valence-corrected chi connectivity index (χ4v) is 2.73. The summed E-state index contributed by atoms with van der Waals surface area (Å²) >= 11 is 0. The van der Waals surface area contributed by atoms with Gasteiger partial charge in [-0.3, -0.25) is 0 Å². The summed E-state index contributed by atoms with van der Waals surface area (Å²) in [6.07, 6.45) is 0.913. The molecule has 0 saturated heterocycles. The van der Waals surface area contributed by atoms with E-state index in [1.807, 2.05) is 12.1 Å². The van der Waals surface area contributed by atoms with E-state index in [0.717, 1.165) is 12.0 Å². The van der Waals surface area contributed by atoms with Gasteiger partial charge < -0.3 is 5.73 Å². The lowest BCUT2D eigenvalue weighted by molar-refractivity contribution is 0.587. The monoisotopic (exact) mass is 255 g/mol. The highest BCUT2D eigenvalue weighted by Crippen LogP contribution is 2.22. The molecule has 3 nitrogen and oxygen atoms in total. The summed E-state index contributed by atoms with van der Waals surface area (Å²) in [5.41, 5.74) is 6.65. The van der Waals surface area contributed by atoms with E-state index in [1.54, 1.807) is 26.0 Å². The van der Waals surface area contributed by atoms with E-state index >= 15 is 0 Å². The second-order valence-corrected chi connectivity index (χ2v) is 7.15. The predicted molar refractivity (Wildman–Crippen MR) is 70.9 cm³/mol. The molecule has 0 amide bonds. The second-order valence-electron chi connectivity index (χ2n) is 4.64. The maximum absolute atomic E-state index is 11.9. The zero-order valence-electron chi connectivity index (χ0n) is 10.7. The largest absolute Gasteiger partial charge is 0.330 e. The summed E-state index contributed by atoms with van der Waals surface area (Å²) in [5, 5.41) is -0.380. The number of sulfone groups is 1. The van der Waals surface area contributed by atoms with Crippen LogP contribution in [-0.4, -0.2) is 20.2 Å². The fraction of sp³-hybridized carbons (Fsp3) is 0.538. The van der Waals surface area contributed by atoms with Crippen LogP contribution in [0.2, 0.25) is 0 Å². The first-order valence-electron chi connectivity index (χ1n) is 5.93. The van der Waals surface area contributed by atoms with Crippen molar-refractivity contribution in [2.45, 2.75) is 43.3 Å². The van der Waals surface area contributed by atoms with Crippen molar-refractivity contribution in [1.29, 1.82) is 0 Å². The van der Waals surface area contributed by atoms with Gasteiger partial charge in [0.05, 0.1) is 10.1 Å². The molecular formula is C13H21NO2S. The standard InChI is InChI=1S/C13H21NO2S/c1-10(2)17(15,16)13-6-4-12(5-7-13)11(3)8-9-14/h4-7,10-11H,8-9,14H2,1-3H3. The van der Waals surface area contributed by atoms with Crippen LogP contribution in [0.3, 0.4) is 0 Å². The van der Waals surface area contributed by atoms with Gasteiger partial charge in [0, 0.05) is 0 Å². The number of rotatable bonds is 5. The Bertz CT molecular complexity index is 449. The van der Waals surface area contributed by atoms with E-state index in [4.69, 9.17) is 5.73 Å². The van der Waals surface area contributed by atoms with Crippen LogP contribution < -0.4 is 5.73 Å². The van der Waals surface area contributed by atoms with Gasteiger partial charge >= 0.3 is 0 Å². The van der Waals surface area contributed by atoms with Gasteiger partial charge in [0.1, 0.15) is 0 Å². The average molecular weight is 255 g/mol. The third-order valence-electron chi connectivity index (χ3n) is 3.00. The number of hydrogen-bond acceptors (Lipinski definition) is 3. The van der Waals surface area contributed by atoms with Crippen LogP contribution in [-0.2, 0) is 9.84 Å². The number of nitrogens with two attached hydrogens (primary N) is 1. The smallest absolute Gasteiger partial charge is 0.180 e. The maximum Gasteiger partial charge on any atom is 0.180 e. The van der Waals surface area contributed by atoms with Gasteiger partial charge in [-0.15, -0.1) is 0 Å². The first-order valence-corrected chi connectivity index (χ1v) is 7.48. The van der Waals surface area contributed by atoms with Crippen LogP contribution in [0.1, 0.15) is 38.7 Å². The summed E-state index contributed by atoms with van der Waals surface area (Å²) in [7, 11) is -3.16. The summed E-state index contributed by atoms with van der Waals surface area (Å²) in [6.45, 7) is 6.13. The highest BCUT2D eigenvalue weighted by molar-refractivity contribution is 7.92. The number of hydrogen-bond donors (Lipinski definition) is 1. The third-order valence-corrected chi connectivity index (χ3v) is 5.17. The Morgan fingerprint density at radius 1 is 1.12 bits per heavy atom. The van der Waals surface area contributed by atoms with Crippen molar-refractivity contribution >= 4 is 9.84 Å². The fourth-order valence-electron chi connectivity index (χ4n) is 1.67. The molecule has 0 spiro atoms. The summed E-state index contributed by atoms with van der Waals surface area (Å²) < 4.78 is 23.8. The molecule has 0 aliphatic heterocycles. The van der Waals surface area contributed by atoms with E-state index < -0.39 is 9.84 Å². The van der Waals surface area contributed by atoms with Crippen LogP contribution in [0.5, 0.6) is 0 Å². The first kappa shape index (κ1) is 14.2. The zero-order valence-corrected chi connectivity index (χ0v) is 11.5. The summed E-state index contributed by atoms with van der Waals surface area (Å²) in [5.74, 6) is 0.371. The normalized spacial score (nSPS) is 13.9. The molecule has 0 bridgehead atoms. The van der Waals surface area contributed by atoms with Crippen molar-refractivity contribution in [1.82, 2.24) is 0 Å². The maximum atomic E-state index is 11.9. The topological polar surface area (TPSA) is 60.2 Å². The van der Waals surface area contributed by atoms with E-state index in [1.165, 1.54) is 0 Å². The quantitative estimate of drug-likeness (QED) is 0.878. The molecule has 17 heavy (non-hydrogen) atoms. The first-order chi connectivity index (χ1) is 7.89.